The number of pyridine rings is 1. The number of nitrogens with two attached hydrogens (primary N) is 1. The highest BCUT2D eigenvalue weighted by atomic mass is 16.5. The summed E-state index contributed by atoms with van der Waals surface area (Å²) in [5.74, 6) is 0.789. The number of rotatable bonds is 6. The van der Waals surface area contributed by atoms with Crippen LogP contribution in [0.15, 0.2) is 30.5 Å². The Morgan fingerprint density at radius 3 is 2.83 bits per heavy atom. The summed E-state index contributed by atoms with van der Waals surface area (Å²) in [4.78, 5) is 4.33. The molecule has 2 N–H and O–H groups in total. The largest absolute Gasteiger partial charge is 0.491 e. The fourth-order valence-corrected chi connectivity index (χ4v) is 1.82. The molecule has 2 aromatic rings. The monoisotopic (exact) mass is 246 g/mol. The van der Waals surface area contributed by atoms with Crippen LogP contribution in [0.2, 0.25) is 0 Å². The van der Waals surface area contributed by atoms with E-state index in [1.807, 2.05) is 24.3 Å². The summed E-state index contributed by atoms with van der Waals surface area (Å²) in [6, 6.07) is 7.56. The molecule has 1 aromatic heterocycles. The smallest absolute Gasteiger partial charge is 0.145 e. The molecule has 0 radical (unpaired) electrons. The lowest BCUT2D eigenvalue weighted by Crippen LogP contribution is -2.01. The quantitative estimate of drug-likeness (QED) is 0.628. The molecule has 0 saturated carbocycles. The maximum absolute atomic E-state index is 5.91. The molecular formula is C14H18N2O2. The number of benzene rings is 1. The second-order valence-corrected chi connectivity index (χ2v) is 4.10. The molecule has 4 heteroatoms. The van der Waals surface area contributed by atoms with Crippen LogP contribution in [0.25, 0.3) is 10.9 Å². The minimum absolute atomic E-state index is 0.666. The standard InChI is InChI=1S/C14H18N2O2/c1-17-9-2-3-10-18-13-7-6-12(15)11-5-4-8-16-14(11)13/h4-8H,2-3,9-10,15H2,1H3. The molecule has 0 aliphatic carbocycles. The number of ether oxygens (including phenoxy) is 2. The van der Waals surface area contributed by atoms with Gasteiger partial charge in [-0.15, -0.1) is 0 Å². The van der Waals surface area contributed by atoms with Crippen molar-refractivity contribution in [2.24, 2.45) is 0 Å². The predicted octanol–water partition coefficient (Wildman–Crippen LogP) is 2.62. The first kappa shape index (κ1) is 12.6. The third kappa shape index (κ3) is 2.90. The van der Waals surface area contributed by atoms with Crippen molar-refractivity contribution in [2.75, 3.05) is 26.1 Å². The van der Waals surface area contributed by atoms with Crippen molar-refractivity contribution in [1.82, 2.24) is 4.98 Å². The van der Waals surface area contributed by atoms with Crippen molar-refractivity contribution in [3.8, 4) is 5.75 Å². The molecule has 0 spiro atoms. The van der Waals surface area contributed by atoms with E-state index in [2.05, 4.69) is 4.98 Å². The van der Waals surface area contributed by atoms with Gasteiger partial charge in [-0.2, -0.15) is 0 Å². The second-order valence-electron chi connectivity index (χ2n) is 4.10. The molecular weight excluding hydrogens is 228 g/mol. The molecule has 0 saturated heterocycles. The summed E-state index contributed by atoms with van der Waals surface area (Å²) in [5, 5.41) is 0.937. The van der Waals surface area contributed by atoms with Gasteiger partial charge in [-0.25, -0.2) is 0 Å². The molecule has 96 valence electrons. The molecule has 0 aliphatic rings. The Labute approximate surface area is 107 Å². The predicted molar refractivity (Wildman–Crippen MR) is 72.8 cm³/mol. The minimum atomic E-state index is 0.666. The van der Waals surface area contributed by atoms with E-state index in [0.717, 1.165) is 41.8 Å². The van der Waals surface area contributed by atoms with Gasteiger partial charge in [0, 0.05) is 31.0 Å². The number of nitrogen functional groups attached to an aromatic ring is 1. The maximum atomic E-state index is 5.91. The maximum Gasteiger partial charge on any atom is 0.145 e. The average molecular weight is 246 g/mol. The third-order valence-electron chi connectivity index (χ3n) is 2.77. The molecule has 0 atom stereocenters. The fourth-order valence-electron chi connectivity index (χ4n) is 1.82. The van der Waals surface area contributed by atoms with Crippen molar-refractivity contribution < 1.29 is 9.47 Å². The molecule has 0 aliphatic heterocycles. The van der Waals surface area contributed by atoms with E-state index in [4.69, 9.17) is 15.2 Å². The SMILES string of the molecule is COCCCCOc1ccc(N)c2cccnc12. The Morgan fingerprint density at radius 2 is 2.00 bits per heavy atom. The summed E-state index contributed by atoms with van der Waals surface area (Å²) >= 11 is 0. The number of aromatic nitrogens is 1. The van der Waals surface area contributed by atoms with Gasteiger partial charge in [0.2, 0.25) is 0 Å². The highest BCUT2D eigenvalue weighted by Crippen LogP contribution is 2.28. The first-order valence-corrected chi connectivity index (χ1v) is 6.08. The topological polar surface area (TPSA) is 57.4 Å². The highest BCUT2D eigenvalue weighted by molar-refractivity contribution is 5.94. The van der Waals surface area contributed by atoms with Crippen LogP contribution in [0, 0.1) is 0 Å². The molecule has 0 bridgehead atoms. The summed E-state index contributed by atoms with van der Waals surface area (Å²) in [6.07, 6.45) is 3.71. The van der Waals surface area contributed by atoms with Gasteiger partial charge in [0.1, 0.15) is 11.3 Å². The van der Waals surface area contributed by atoms with E-state index in [1.54, 1.807) is 13.3 Å². The summed E-state index contributed by atoms with van der Waals surface area (Å²) < 4.78 is 10.7. The number of fused-ring (bicyclic) bond motifs is 1. The lowest BCUT2D eigenvalue weighted by atomic mass is 10.1. The number of hydrogen-bond donors (Lipinski definition) is 1. The van der Waals surface area contributed by atoms with E-state index in [-0.39, 0.29) is 0 Å². The van der Waals surface area contributed by atoms with Crippen LogP contribution in [-0.4, -0.2) is 25.3 Å². The van der Waals surface area contributed by atoms with Gasteiger partial charge < -0.3 is 15.2 Å². The Balaban J connectivity index is 2.07. The van der Waals surface area contributed by atoms with Crippen LogP contribution >= 0.6 is 0 Å². The van der Waals surface area contributed by atoms with E-state index < -0.39 is 0 Å². The molecule has 1 aromatic carbocycles. The van der Waals surface area contributed by atoms with E-state index >= 15 is 0 Å². The summed E-state index contributed by atoms with van der Waals surface area (Å²) in [6.45, 7) is 1.43. The van der Waals surface area contributed by atoms with Crippen LogP contribution in [0.4, 0.5) is 5.69 Å². The lowest BCUT2D eigenvalue weighted by molar-refractivity contribution is 0.184. The van der Waals surface area contributed by atoms with Gasteiger partial charge in [0.05, 0.1) is 6.61 Å². The Hall–Kier alpha value is -1.81. The van der Waals surface area contributed by atoms with Crippen LogP contribution in [0.3, 0.4) is 0 Å². The Kier molecular flexibility index (Phi) is 4.36. The van der Waals surface area contributed by atoms with Gasteiger partial charge in [-0.1, -0.05) is 0 Å². The Bertz CT molecular complexity index is 514. The summed E-state index contributed by atoms with van der Waals surface area (Å²) in [5.41, 5.74) is 7.46. The first-order chi connectivity index (χ1) is 8.83. The zero-order chi connectivity index (χ0) is 12.8. The molecule has 1 heterocycles. The first-order valence-electron chi connectivity index (χ1n) is 6.08. The van der Waals surface area contributed by atoms with Crippen LogP contribution in [-0.2, 0) is 4.74 Å². The van der Waals surface area contributed by atoms with Gasteiger partial charge >= 0.3 is 0 Å². The van der Waals surface area contributed by atoms with Crippen molar-refractivity contribution in [3.05, 3.63) is 30.5 Å². The van der Waals surface area contributed by atoms with Crippen molar-refractivity contribution in [3.63, 3.8) is 0 Å². The van der Waals surface area contributed by atoms with E-state index in [0.29, 0.717) is 6.61 Å². The lowest BCUT2D eigenvalue weighted by Gasteiger charge is -2.09. The van der Waals surface area contributed by atoms with Gasteiger partial charge in [-0.05, 0) is 37.1 Å². The van der Waals surface area contributed by atoms with Crippen LogP contribution < -0.4 is 10.5 Å². The van der Waals surface area contributed by atoms with Crippen LogP contribution in [0.5, 0.6) is 5.75 Å². The van der Waals surface area contributed by atoms with Crippen molar-refractivity contribution >= 4 is 16.6 Å². The number of hydrogen-bond acceptors (Lipinski definition) is 4. The van der Waals surface area contributed by atoms with Gasteiger partial charge in [0.25, 0.3) is 0 Å². The number of methoxy groups -OCH3 is 1. The average Bonchev–Trinajstić information content (AvgIpc) is 2.41. The molecule has 0 unspecified atom stereocenters. The molecule has 4 nitrogen and oxygen atoms in total. The molecule has 0 fully saturated rings. The zero-order valence-corrected chi connectivity index (χ0v) is 10.6. The van der Waals surface area contributed by atoms with Crippen LogP contribution in [0.1, 0.15) is 12.8 Å². The highest BCUT2D eigenvalue weighted by Gasteiger charge is 2.05. The fraction of sp³-hybridized carbons (Fsp3) is 0.357. The second kappa shape index (κ2) is 6.21. The zero-order valence-electron chi connectivity index (χ0n) is 10.6. The van der Waals surface area contributed by atoms with E-state index in [9.17, 15) is 0 Å². The molecule has 0 amide bonds. The van der Waals surface area contributed by atoms with E-state index in [1.165, 1.54) is 0 Å². The van der Waals surface area contributed by atoms with Crippen molar-refractivity contribution in [1.29, 1.82) is 0 Å². The minimum Gasteiger partial charge on any atom is -0.491 e. The van der Waals surface area contributed by atoms with Crippen molar-refractivity contribution in [2.45, 2.75) is 12.8 Å². The third-order valence-corrected chi connectivity index (χ3v) is 2.77. The summed E-state index contributed by atoms with van der Waals surface area (Å²) in [7, 11) is 1.71. The molecule has 2 rings (SSSR count). The number of nitrogens with zero attached hydrogens (tertiary/aromatic N) is 1. The normalized spacial score (nSPS) is 10.7. The van der Waals surface area contributed by atoms with Gasteiger partial charge in [-0.3, -0.25) is 4.98 Å². The molecule has 18 heavy (non-hydrogen) atoms. The number of anilines is 1. The Morgan fingerprint density at radius 1 is 1.17 bits per heavy atom. The number of unbranched alkanes of at least 4 members (excludes halogenated alkanes) is 1. The van der Waals surface area contributed by atoms with Gasteiger partial charge in [0.15, 0.2) is 0 Å².